The number of benzene rings is 2. The molecule has 0 spiro atoms. The Morgan fingerprint density at radius 1 is 1.00 bits per heavy atom. The largest absolute Gasteiger partial charge is 0.326 e. The number of halogens is 1. The molecule has 118 valence electrons. The van der Waals surface area contributed by atoms with E-state index in [1.165, 1.54) is 12.1 Å². The number of carbonyl (C=O) groups is 2. The van der Waals surface area contributed by atoms with E-state index in [9.17, 15) is 14.0 Å². The topological polar surface area (TPSA) is 58.2 Å². The van der Waals surface area contributed by atoms with Gasteiger partial charge in [0.15, 0.2) is 0 Å². The third-order valence-electron chi connectivity index (χ3n) is 3.64. The van der Waals surface area contributed by atoms with Gasteiger partial charge in [-0.25, -0.2) is 4.39 Å². The highest BCUT2D eigenvalue weighted by Crippen LogP contribution is 2.30. The van der Waals surface area contributed by atoms with Gasteiger partial charge in [0.25, 0.3) is 0 Å². The van der Waals surface area contributed by atoms with Crippen LogP contribution in [-0.2, 0) is 16.0 Å². The smallest absolute Gasteiger partial charge is 0.228 e. The first-order valence-corrected chi connectivity index (χ1v) is 7.55. The van der Waals surface area contributed by atoms with Crippen LogP contribution in [0.4, 0.5) is 15.8 Å². The van der Waals surface area contributed by atoms with Crippen molar-refractivity contribution in [1.29, 1.82) is 0 Å². The highest BCUT2D eigenvalue weighted by molar-refractivity contribution is 5.96. The predicted molar refractivity (Wildman–Crippen MR) is 86.5 cm³/mol. The number of hydrogen-bond acceptors (Lipinski definition) is 2. The second kappa shape index (κ2) is 6.60. The van der Waals surface area contributed by atoms with Crippen molar-refractivity contribution in [1.82, 2.24) is 0 Å². The molecule has 5 heteroatoms. The molecule has 3 rings (SSSR count). The molecule has 2 amide bonds. The summed E-state index contributed by atoms with van der Waals surface area (Å²) in [5.74, 6) is -0.359. The van der Waals surface area contributed by atoms with Gasteiger partial charge in [-0.1, -0.05) is 18.2 Å². The Bertz CT molecular complexity index is 724. The minimum Gasteiger partial charge on any atom is -0.326 e. The molecule has 0 bridgehead atoms. The maximum Gasteiger partial charge on any atom is 0.228 e. The maximum atomic E-state index is 12.8. The zero-order valence-corrected chi connectivity index (χ0v) is 12.5. The zero-order chi connectivity index (χ0) is 16.2. The summed E-state index contributed by atoms with van der Waals surface area (Å²) in [5.41, 5.74) is 2.02. The van der Waals surface area contributed by atoms with E-state index in [4.69, 9.17) is 0 Å². The van der Waals surface area contributed by atoms with Crippen LogP contribution in [0.1, 0.15) is 18.4 Å². The van der Waals surface area contributed by atoms with Gasteiger partial charge >= 0.3 is 0 Å². The molecule has 0 saturated heterocycles. The number of amides is 2. The van der Waals surface area contributed by atoms with Crippen LogP contribution in [0.25, 0.3) is 0 Å². The number of hydrogen-bond donors (Lipinski definition) is 2. The fourth-order valence-electron chi connectivity index (χ4n) is 2.26. The molecule has 2 aromatic carbocycles. The number of nitrogens with one attached hydrogen (secondary N) is 2. The molecule has 0 radical (unpaired) electrons. The van der Waals surface area contributed by atoms with Crippen LogP contribution >= 0.6 is 0 Å². The van der Waals surface area contributed by atoms with Gasteiger partial charge in [-0.3, -0.25) is 9.59 Å². The molecular formula is C18H17FN2O2. The molecular weight excluding hydrogens is 295 g/mol. The molecule has 0 unspecified atom stereocenters. The van der Waals surface area contributed by atoms with E-state index < -0.39 is 0 Å². The summed E-state index contributed by atoms with van der Waals surface area (Å²) >= 11 is 0. The summed E-state index contributed by atoms with van der Waals surface area (Å²) in [7, 11) is 0. The van der Waals surface area contributed by atoms with Crippen molar-refractivity contribution < 1.29 is 14.0 Å². The van der Waals surface area contributed by atoms with Crippen molar-refractivity contribution in [2.24, 2.45) is 5.92 Å². The SMILES string of the molecule is O=C(Cc1ccc(F)cc1)Nc1cccc(NC(=O)C2CC2)c1. The lowest BCUT2D eigenvalue weighted by Gasteiger charge is -2.09. The van der Waals surface area contributed by atoms with Crippen molar-refractivity contribution >= 4 is 23.2 Å². The Balaban J connectivity index is 1.59. The molecule has 2 aromatic rings. The molecule has 0 aromatic heterocycles. The van der Waals surface area contributed by atoms with Gasteiger partial charge in [-0.15, -0.1) is 0 Å². The van der Waals surface area contributed by atoms with Crippen LogP contribution < -0.4 is 10.6 Å². The van der Waals surface area contributed by atoms with Crippen molar-refractivity contribution in [3.05, 3.63) is 59.9 Å². The minimum absolute atomic E-state index is 0.0276. The lowest BCUT2D eigenvalue weighted by atomic mass is 10.1. The summed E-state index contributed by atoms with van der Waals surface area (Å²) in [6.07, 6.45) is 2.05. The van der Waals surface area contributed by atoms with Crippen LogP contribution in [0.2, 0.25) is 0 Å². The fraction of sp³-hybridized carbons (Fsp3) is 0.222. The third-order valence-corrected chi connectivity index (χ3v) is 3.64. The van der Waals surface area contributed by atoms with E-state index in [0.717, 1.165) is 18.4 Å². The summed E-state index contributed by atoms with van der Waals surface area (Å²) in [6, 6.07) is 12.9. The van der Waals surface area contributed by atoms with Gasteiger partial charge in [0, 0.05) is 17.3 Å². The van der Waals surface area contributed by atoms with Crippen LogP contribution in [0.5, 0.6) is 0 Å². The quantitative estimate of drug-likeness (QED) is 0.889. The normalized spacial score (nSPS) is 13.4. The maximum absolute atomic E-state index is 12.8. The molecule has 0 atom stereocenters. The van der Waals surface area contributed by atoms with Gasteiger partial charge in [0.1, 0.15) is 5.82 Å². The molecule has 1 fully saturated rings. The Morgan fingerprint density at radius 2 is 1.65 bits per heavy atom. The highest BCUT2D eigenvalue weighted by Gasteiger charge is 2.29. The van der Waals surface area contributed by atoms with E-state index in [2.05, 4.69) is 10.6 Å². The molecule has 0 heterocycles. The second-order valence-electron chi connectivity index (χ2n) is 5.70. The first-order valence-electron chi connectivity index (χ1n) is 7.55. The van der Waals surface area contributed by atoms with Crippen LogP contribution in [0, 0.1) is 11.7 Å². The van der Waals surface area contributed by atoms with Gasteiger partial charge in [0.2, 0.25) is 11.8 Å². The molecule has 4 nitrogen and oxygen atoms in total. The van der Waals surface area contributed by atoms with E-state index in [1.54, 1.807) is 36.4 Å². The highest BCUT2D eigenvalue weighted by atomic mass is 19.1. The molecule has 23 heavy (non-hydrogen) atoms. The van der Waals surface area contributed by atoms with Crippen molar-refractivity contribution in [3.63, 3.8) is 0 Å². The van der Waals surface area contributed by atoms with Crippen LogP contribution in [0.3, 0.4) is 0 Å². The average molecular weight is 312 g/mol. The molecule has 2 N–H and O–H groups in total. The van der Waals surface area contributed by atoms with E-state index in [-0.39, 0.29) is 30.0 Å². The molecule has 1 saturated carbocycles. The first-order chi connectivity index (χ1) is 11.1. The number of rotatable bonds is 5. The number of carbonyl (C=O) groups excluding carboxylic acids is 2. The fourth-order valence-corrected chi connectivity index (χ4v) is 2.26. The van der Waals surface area contributed by atoms with E-state index in [0.29, 0.717) is 11.4 Å². The molecule has 1 aliphatic carbocycles. The van der Waals surface area contributed by atoms with Gasteiger partial charge < -0.3 is 10.6 Å². The molecule has 0 aliphatic heterocycles. The van der Waals surface area contributed by atoms with Crippen molar-refractivity contribution in [2.45, 2.75) is 19.3 Å². The van der Waals surface area contributed by atoms with Gasteiger partial charge in [-0.2, -0.15) is 0 Å². The lowest BCUT2D eigenvalue weighted by molar-refractivity contribution is -0.117. The average Bonchev–Trinajstić information content (AvgIpc) is 3.35. The number of anilines is 2. The van der Waals surface area contributed by atoms with Crippen molar-refractivity contribution in [3.8, 4) is 0 Å². The van der Waals surface area contributed by atoms with Crippen molar-refractivity contribution in [2.75, 3.05) is 10.6 Å². The summed E-state index contributed by atoms with van der Waals surface area (Å²) in [4.78, 5) is 23.8. The zero-order valence-electron chi connectivity index (χ0n) is 12.5. The Kier molecular flexibility index (Phi) is 4.37. The predicted octanol–water partition coefficient (Wildman–Crippen LogP) is 3.36. The van der Waals surface area contributed by atoms with Gasteiger partial charge in [-0.05, 0) is 48.7 Å². The monoisotopic (exact) mass is 312 g/mol. The Morgan fingerprint density at radius 3 is 2.30 bits per heavy atom. The molecule has 1 aliphatic rings. The Labute approximate surface area is 133 Å². The minimum atomic E-state index is -0.326. The lowest BCUT2D eigenvalue weighted by Crippen LogP contribution is -2.16. The second-order valence-corrected chi connectivity index (χ2v) is 5.70. The van der Waals surface area contributed by atoms with E-state index >= 15 is 0 Å². The van der Waals surface area contributed by atoms with E-state index in [1.807, 2.05) is 0 Å². The van der Waals surface area contributed by atoms with Crippen LogP contribution in [-0.4, -0.2) is 11.8 Å². The van der Waals surface area contributed by atoms with Gasteiger partial charge in [0.05, 0.1) is 6.42 Å². The summed E-state index contributed by atoms with van der Waals surface area (Å²) in [5, 5.41) is 5.62. The van der Waals surface area contributed by atoms with Crippen LogP contribution in [0.15, 0.2) is 48.5 Å². The standard InChI is InChI=1S/C18H17FN2O2/c19-14-8-4-12(5-9-14)10-17(22)20-15-2-1-3-16(11-15)21-18(23)13-6-7-13/h1-5,8-9,11,13H,6-7,10H2,(H,20,22)(H,21,23). The first kappa shape index (κ1) is 15.2. The summed E-state index contributed by atoms with van der Waals surface area (Å²) in [6.45, 7) is 0. The third kappa shape index (κ3) is 4.39. The summed E-state index contributed by atoms with van der Waals surface area (Å²) < 4.78 is 12.8. The Hall–Kier alpha value is -2.69.